The lowest BCUT2D eigenvalue weighted by Crippen LogP contribution is -2.37. The molecule has 7 nitrogen and oxygen atoms in total. The van der Waals surface area contributed by atoms with E-state index in [1.807, 2.05) is 24.5 Å². The summed E-state index contributed by atoms with van der Waals surface area (Å²) in [5, 5.41) is 5.00. The smallest absolute Gasteiger partial charge is 0.227 e. The molecule has 0 saturated heterocycles. The molecule has 6 aromatic rings. The van der Waals surface area contributed by atoms with Gasteiger partial charge in [0.25, 0.3) is 0 Å². The number of carbonyl (C=O) groups excluding carboxylic acids is 1. The summed E-state index contributed by atoms with van der Waals surface area (Å²) in [5.41, 5.74) is 10.1. The first-order valence-corrected chi connectivity index (χ1v) is 16.5. The summed E-state index contributed by atoms with van der Waals surface area (Å²) < 4.78 is 29.7. The number of aromatic nitrogens is 3. The van der Waals surface area contributed by atoms with Crippen LogP contribution in [0.15, 0.2) is 138 Å². The Labute approximate surface area is 281 Å². The van der Waals surface area contributed by atoms with Gasteiger partial charge in [-0.2, -0.15) is 0 Å². The Balaban J connectivity index is 1.14. The maximum atomic E-state index is 14.0. The molecule has 0 bridgehead atoms. The van der Waals surface area contributed by atoms with Gasteiger partial charge in [-0.25, -0.2) is 18.7 Å². The number of aryl methyl sites for hydroxylation is 1. The van der Waals surface area contributed by atoms with Gasteiger partial charge in [-0.05, 0) is 47.2 Å². The van der Waals surface area contributed by atoms with Crippen LogP contribution in [-0.4, -0.2) is 32.9 Å². The van der Waals surface area contributed by atoms with Gasteiger partial charge in [0.1, 0.15) is 10.5 Å². The zero-order valence-electron chi connectivity index (χ0n) is 26.0. The fourth-order valence-corrected chi connectivity index (χ4v) is 6.79. The van der Waals surface area contributed by atoms with Crippen LogP contribution in [0.3, 0.4) is 0 Å². The second-order valence-electron chi connectivity index (χ2n) is 11.3. The number of carbonyl (C=O) groups is 1. The van der Waals surface area contributed by atoms with Gasteiger partial charge < -0.3 is 10.3 Å². The number of rotatable bonds is 12. The first-order valence-electron chi connectivity index (χ1n) is 15.6. The molecule has 1 unspecified atom stereocenters. The molecule has 0 fully saturated rings. The normalized spacial score (nSPS) is 12.5. The predicted molar refractivity (Wildman–Crippen MR) is 185 cm³/mol. The van der Waals surface area contributed by atoms with Gasteiger partial charge in [-0.15, -0.1) is 11.3 Å². The average molecular weight is 661 g/mol. The lowest BCUT2D eigenvalue weighted by Gasteiger charge is -2.37. The van der Waals surface area contributed by atoms with Crippen molar-refractivity contribution in [3.8, 4) is 0 Å². The van der Waals surface area contributed by atoms with Crippen LogP contribution >= 0.6 is 11.3 Å². The maximum absolute atomic E-state index is 14.0. The molecule has 6 rings (SSSR count). The molecule has 10 heteroatoms. The van der Waals surface area contributed by atoms with Crippen LogP contribution in [0, 0.1) is 11.6 Å². The highest BCUT2D eigenvalue weighted by Crippen LogP contribution is 2.40. The Morgan fingerprint density at radius 2 is 1.50 bits per heavy atom. The lowest BCUT2D eigenvalue weighted by molar-refractivity contribution is -0.119. The number of nitrogens with two attached hydrogens (primary N) is 1. The Hall–Kier alpha value is -5.48. The largest absolute Gasteiger partial charge is 0.370 e. The second kappa shape index (κ2) is 15.0. The number of nitrogens with zero attached hydrogens (tertiary/aromatic N) is 4. The molecule has 242 valence electrons. The molecule has 0 aliphatic heterocycles. The van der Waals surface area contributed by atoms with E-state index in [1.165, 1.54) is 17.4 Å². The van der Waals surface area contributed by atoms with E-state index in [2.05, 4.69) is 98.9 Å². The maximum Gasteiger partial charge on any atom is 0.227 e. The molecule has 0 saturated carbocycles. The van der Waals surface area contributed by atoms with Gasteiger partial charge in [0.05, 0.1) is 12.0 Å². The molecule has 0 aliphatic rings. The predicted octanol–water partition coefficient (Wildman–Crippen LogP) is 7.04. The first-order chi connectivity index (χ1) is 23.4. The zero-order chi connectivity index (χ0) is 33.3. The molecular formula is C38H34F2N6OS. The monoisotopic (exact) mass is 660 g/mol. The van der Waals surface area contributed by atoms with Gasteiger partial charge in [-0.1, -0.05) is 97.1 Å². The van der Waals surface area contributed by atoms with Crippen LogP contribution in [0.4, 0.5) is 8.78 Å². The summed E-state index contributed by atoms with van der Waals surface area (Å²) in [7, 11) is 0. The van der Waals surface area contributed by atoms with Crippen molar-refractivity contribution in [2.24, 2.45) is 10.7 Å². The first kappa shape index (κ1) is 32.5. The Kier molecular flexibility index (Phi) is 10.1. The van der Waals surface area contributed by atoms with E-state index in [0.717, 1.165) is 34.5 Å². The lowest BCUT2D eigenvalue weighted by atomic mass is 9.77. The fourth-order valence-electron chi connectivity index (χ4n) is 6.02. The van der Waals surface area contributed by atoms with Crippen molar-refractivity contribution in [1.82, 2.24) is 19.9 Å². The minimum absolute atomic E-state index is 0.00930. The topological polar surface area (TPSA) is 98.2 Å². The van der Waals surface area contributed by atoms with Crippen molar-refractivity contribution in [1.29, 1.82) is 0 Å². The highest BCUT2D eigenvalue weighted by molar-refractivity contribution is 7.09. The summed E-state index contributed by atoms with van der Waals surface area (Å²) in [6, 6.07) is 34.8. The Morgan fingerprint density at radius 3 is 2.06 bits per heavy atom. The van der Waals surface area contributed by atoms with E-state index in [9.17, 15) is 13.6 Å². The van der Waals surface area contributed by atoms with E-state index >= 15 is 0 Å². The number of guanidine groups is 1. The van der Waals surface area contributed by atoms with Crippen molar-refractivity contribution in [3.63, 3.8) is 0 Å². The fraction of sp³-hybridized carbons (Fsp3) is 0.158. The molecular weight excluding hydrogens is 627 g/mol. The van der Waals surface area contributed by atoms with Gasteiger partial charge in [0, 0.05) is 36.7 Å². The summed E-state index contributed by atoms with van der Waals surface area (Å²) in [6.45, 7) is 0.374. The van der Waals surface area contributed by atoms with Crippen LogP contribution in [0.1, 0.15) is 51.7 Å². The van der Waals surface area contributed by atoms with Crippen LogP contribution in [0.2, 0.25) is 0 Å². The number of benzene rings is 4. The van der Waals surface area contributed by atoms with Crippen molar-refractivity contribution in [2.75, 3.05) is 6.54 Å². The highest BCUT2D eigenvalue weighted by atomic mass is 32.1. The molecule has 0 aliphatic carbocycles. The summed E-state index contributed by atoms with van der Waals surface area (Å²) in [4.78, 5) is 26.3. The van der Waals surface area contributed by atoms with Crippen LogP contribution in [-0.2, 0) is 16.8 Å². The number of nitrogens with one attached hydrogen (secondary N) is 1. The third-order valence-corrected chi connectivity index (χ3v) is 9.11. The standard InChI is InChI=1S/C38H34F2N6OS/c39-33-19-18-27(23-34(33)40)32(36-42-21-22-48-36)24-35(47)45-37(41)43-20-10-17-31-25-46(26-44-31)38(28-11-4-1-5-12-28,29-13-6-2-7-14-29)30-15-8-3-9-16-30/h1-9,11-16,18-19,21-23,25-26,32H,10,17,20,24H2,(H3,41,43,45,47). The molecule has 0 spiro atoms. The number of hydrogen-bond donors (Lipinski definition) is 2. The van der Waals surface area contributed by atoms with Crippen molar-refractivity contribution in [2.45, 2.75) is 30.7 Å². The second-order valence-corrected chi connectivity index (χ2v) is 12.2. The molecule has 1 amide bonds. The summed E-state index contributed by atoms with van der Waals surface area (Å²) in [6.07, 6.45) is 6.81. The van der Waals surface area contributed by atoms with Crippen LogP contribution in [0.5, 0.6) is 0 Å². The highest BCUT2D eigenvalue weighted by Gasteiger charge is 2.38. The summed E-state index contributed by atoms with van der Waals surface area (Å²) >= 11 is 1.33. The van der Waals surface area contributed by atoms with Gasteiger partial charge in [0.15, 0.2) is 17.6 Å². The molecule has 3 N–H and O–H groups in total. The molecule has 4 aromatic carbocycles. The van der Waals surface area contributed by atoms with E-state index in [0.29, 0.717) is 30.0 Å². The number of aliphatic imine (C=N–C) groups is 1. The average Bonchev–Trinajstić information content (AvgIpc) is 3.82. The van der Waals surface area contributed by atoms with Crippen molar-refractivity contribution in [3.05, 3.63) is 178 Å². The van der Waals surface area contributed by atoms with Gasteiger partial charge in [-0.3, -0.25) is 15.1 Å². The number of amides is 1. The quantitative estimate of drug-likeness (QED) is 0.0637. The number of hydrogen-bond acceptors (Lipinski definition) is 5. The van der Waals surface area contributed by atoms with E-state index in [-0.39, 0.29) is 12.4 Å². The van der Waals surface area contributed by atoms with E-state index in [4.69, 9.17) is 10.7 Å². The third-order valence-electron chi connectivity index (χ3n) is 8.22. The minimum Gasteiger partial charge on any atom is -0.370 e. The number of thiazole rings is 1. The molecule has 0 radical (unpaired) electrons. The van der Waals surface area contributed by atoms with E-state index < -0.39 is 29.0 Å². The molecule has 1 atom stereocenters. The number of halogens is 2. The van der Waals surface area contributed by atoms with Crippen LogP contribution in [0.25, 0.3) is 0 Å². The molecule has 2 heterocycles. The minimum atomic E-state index is -0.980. The Morgan fingerprint density at radius 1 is 0.875 bits per heavy atom. The Bertz CT molecular complexity index is 1870. The van der Waals surface area contributed by atoms with Crippen LogP contribution < -0.4 is 11.1 Å². The molecule has 48 heavy (non-hydrogen) atoms. The third kappa shape index (κ3) is 7.08. The summed E-state index contributed by atoms with van der Waals surface area (Å²) in [5.74, 6) is -2.90. The van der Waals surface area contributed by atoms with Crippen molar-refractivity contribution >= 4 is 23.2 Å². The zero-order valence-corrected chi connectivity index (χ0v) is 26.9. The van der Waals surface area contributed by atoms with Crippen molar-refractivity contribution < 1.29 is 13.6 Å². The number of imidazole rings is 1. The molecule has 2 aromatic heterocycles. The van der Waals surface area contributed by atoms with E-state index in [1.54, 1.807) is 11.6 Å². The van der Waals surface area contributed by atoms with Gasteiger partial charge in [0.2, 0.25) is 5.91 Å². The van der Waals surface area contributed by atoms with Gasteiger partial charge >= 0.3 is 0 Å². The SMILES string of the molecule is NC(=NCCCc1cn(C(c2ccccc2)(c2ccccc2)c2ccccc2)cn1)NC(=O)CC(c1ccc(F)c(F)c1)c1nccs1.